The Kier molecular flexibility index (Phi) is 12.0. The number of rotatable bonds is 10. The van der Waals surface area contributed by atoms with Gasteiger partial charge in [0.25, 0.3) is 0 Å². The Morgan fingerprint density at radius 1 is 0.274 bits per heavy atom. The number of para-hydroxylation sites is 3. The molecule has 2 unspecified atom stereocenters. The monoisotopic (exact) mass is 1070 g/mol. The van der Waals surface area contributed by atoms with Crippen LogP contribution in [0, 0.1) is 0 Å². The van der Waals surface area contributed by atoms with Crippen LogP contribution in [-0.4, -0.2) is 20.6 Å². The van der Waals surface area contributed by atoms with Crippen LogP contribution in [0.5, 0.6) is 0 Å². The van der Waals surface area contributed by atoms with Crippen LogP contribution in [0.15, 0.2) is 315 Å². The smallest absolute Gasteiger partial charge is 0.0973 e. The molecule has 84 heavy (non-hydrogen) atoms. The topological polar surface area (TPSA) is 34.0 Å². The molecular weight excluding hydrogens is 1020 g/mol. The summed E-state index contributed by atoms with van der Waals surface area (Å²) in [4.78, 5) is 13.1. The second-order valence-corrected chi connectivity index (χ2v) is 22.1. The van der Waals surface area contributed by atoms with Crippen LogP contribution < -0.4 is 4.90 Å². The molecule has 2 aliphatic rings. The fraction of sp³-hybridized carbons (Fsp3) is 0.0250. The fourth-order valence-electron chi connectivity index (χ4n) is 12.9. The van der Waals surface area contributed by atoms with E-state index in [1.807, 2.05) is 12.1 Å². The summed E-state index contributed by atoms with van der Waals surface area (Å²) in [6, 6.07) is 106. The third-order valence-electron chi connectivity index (χ3n) is 17.2. The summed E-state index contributed by atoms with van der Waals surface area (Å²) in [5, 5.41) is 2.44. The van der Waals surface area contributed by atoms with E-state index in [1.54, 1.807) is 0 Å². The Hall–Kier alpha value is -10.9. The number of aromatic nitrogens is 3. The largest absolute Gasteiger partial charge is 0.333 e. The molecule has 0 bridgehead atoms. The van der Waals surface area contributed by atoms with Gasteiger partial charge in [0.15, 0.2) is 0 Å². The number of nitrogens with zero attached hydrogens (tertiary/aromatic N) is 4. The standard InChI is InChI=1S/C80H54N4/c1-3-13-53(14-4-1)55-23-27-57(28-24-55)59-39-45-67(46-40-59)83-75-21-11-7-17-69(75)71-51-65(43-49-77(71)83)61-31-35-63(36-32-61)79-80(82-74-20-10-9-19-73(74)81-79)64-37-33-62(34-38-64)66-44-50-78-72(52-66)70-18-8-12-22-76(70)84(78)68-47-41-60(42-48-68)58-29-25-56(26-30-58)54-15-5-2-6-16-54/h1-52,69,75H. The number of anilines is 2. The van der Waals surface area contributed by atoms with Crippen molar-refractivity contribution in [3.05, 3.63) is 321 Å². The first kappa shape index (κ1) is 48.9. The molecule has 1 aliphatic heterocycles. The van der Waals surface area contributed by atoms with E-state index < -0.39 is 0 Å². The van der Waals surface area contributed by atoms with Gasteiger partial charge in [0.1, 0.15) is 0 Å². The maximum Gasteiger partial charge on any atom is 0.0973 e. The summed E-state index contributed by atoms with van der Waals surface area (Å²) < 4.78 is 2.39. The van der Waals surface area contributed by atoms with Gasteiger partial charge >= 0.3 is 0 Å². The molecule has 394 valence electrons. The van der Waals surface area contributed by atoms with Crippen molar-refractivity contribution in [2.24, 2.45) is 0 Å². The molecule has 0 radical (unpaired) electrons. The van der Waals surface area contributed by atoms with E-state index in [0.29, 0.717) is 0 Å². The average molecular weight is 1070 g/mol. The van der Waals surface area contributed by atoms with E-state index in [1.165, 1.54) is 88.8 Å². The number of fused-ring (bicyclic) bond motifs is 7. The van der Waals surface area contributed by atoms with Crippen LogP contribution in [0.4, 0.5) is 11.4 Å². The number of benzene rings is 12. The highest BCUT2D eigenvalue weighted by Crippen LogP contribution is 2.49. The lowest BCUT2D eigenvalue weighted by Gasteiger charge is -2.28. The molecule has 2 aromatic heterocycles. The summed E-state index contributed by atoms with van der Waals surface area (Å²) in [5.41, 5.74) is 27.1. The summed E-state index contributed by atoms with van der Waals surface area (Å²) in [6.07, 6.45) is 9.09. The Morgan fingerprint density at radius 3 is 1.19 bits per heavy atom. The first-order chi connectivity index (χ1) is 41.6. The molecule has 0 saturated carbocycles. The van der Waals surface area contributed by atoms with Gasteiger partial charge in [0.05, 0.1) is 39.5 Å². The molecule has 4 heteroatoms. The maximum absolute atomic E-state index is 5.31. The molecule has 1 aliphatic carbocycles. The highest BCUT2D eigenvalue weighted by Gasteiger charge is 2.37. The van der Waals surface area contributed by atoms with E-state index >= 15 is 0 Å². The molecule has 12 aromatic carbocycles. The van der Waals surface area contributed by atoms with Gasteiger partial charge in [-0.15, -0.1) is 0 Å². The molecule has 0 amide bonds. The summed E-state index contributed by atoms with van der Waals surface area (Å²) in [5.74, 6) is 0.242. The fourth-order valence-corrected chi connectivity index (χ4v) is 12.9. The first-order valence-electron chi connectivity index (χ1n) is 28.9. The highest BCUT2D eigenvalue weighted by atomic mass is 15.2. The molecule has 4 nitrogen and oxygen atoms in total. The van der Waals surface area contributed by atoms with Crippen molar-refractivity contribution in [2.75, 3.05) is 4.90 Å². The van der Waals surface area contributed by atoms with Crippen LogP contribution in [-0.2, 0) is 0 Å². The number of hydrogen-bond donors (Lipinski definition) is 0. The van der Waals surface area contributed by atoms with Gasteiger partial charge in [0.2, 0.25) is 0 Å². The lowest BCUT2D eigenvalue weighted by atomic mass is 9.89. The van der Waals surface area contributed by atoms with Gasteiger partial charge in [-0.3, -0.25) is 0 Å². The van der Waals surface area contributed by atoms with E-state index in [0.717, 1.165) is 55.9 Å². The van der Waals surface area contributed by atoms with E-state index in [-0.39, 0.29) is 12.0 Å². The Bertz CT molecular complexity index is 4830. The Labute approximate surface area is 488 Å². The Morgan fingerprint density at radius 2 is 0.655 bits per heavy atom. The van der Waals surface area contributed by atoms with Crippen molar-refractivity contribution in [1.29, 1.82) is 0 Å². The number of hydrogen-bond acceptors (Lipinski definition) is 3. The maximum atomic E-state index is 5.31. The van der Waals surface area contributed by atoms with E-state index in [9.17, 15) is 0 Å². The summed E-state index contributed by atoms with van der Waals surface area (Å²) in [6.45, 7) is 0. The minimum Gasteiger partial charge on any atom is -0.333 e. The van der Waals surface area contributed by atoms with Crippen molar-refractivity contribution in [3.63, 3.8) is 0 Å². The predicted octanol–water partition coefficient (Wildman–Crippen LogP) is 20.8. The van der Waals surface area contributed by atoms with Crippen LogP contribution in [0.2, 0.25) is 0 Å². The number of allylic oxidation sites excluding steroid dienone is 2. The first-order valence-corrected chi connectivity index (χ1v) is 28.9. The van der Waals surface area contributed by atoms with Gasteiger partial charge in [-0.1, -0.05) is 249 Å². The normalized spacial score (nSPS) is 14.3. The van der Waals surface area contributed by atoms with Gasteiger partial charge < -0.3 is 9.47 Å². The van der Waals surface area contributed by atoms with Crippen molar-refractivity contribution >= 4 is 44.2 Å². The molecule has 0 saturated heterocycles. The van der Waals surface area contributed by atoms with Gasteiger partial charge in [0, 0.05) is 44.9 Å². The van der Waals surface area contributed by atoms with Crippen molar-refractivity contribution < 1.29 is 0 Å². The zero-order valence-electron chi connectivity index (χ0n) is 46.0. The third-order valence-corrected chi connectivity index (χ3v) is 17.2. The molecule has 0 fully saturated rings. The van der Waals surface area contributed by atoms with Crippen LogP contribution in [0.3, 0.4) is 0 Å². The quantitative estimate of drug-likeness (QED) is 0.137. The summed E-state index contributed by atoms with van der Waals surface area (Å²) >= 11 is 0. The van der Waals surface area contributed by atoms with Gasteiger partial charge in [-0.05, 0) is 139 Å². The van der Waals surface area contributed by atoms with Crippen molar-refractivity contribution in [1.82, 2.24) is 14.5 Å². The molecule has 14 aromatic rings. The second-order valence-electron chi connectivity index (χ2n) is 22.1. The minimum atomic E-state index is 0.195. The average Bonchev–Trinajstić information content (AvgIpc) is 2.83. The van der Waals surface area contributed by atoms with Crippen LogP contribution >= 0.6 is 0 Å². The van der Waals surface area contributed by atoms with Gasteiger partial charge in [-0.25, -0.2) is 9.97 Å². The second kappa shape index (κ2) is 20.6. The van der Waals surface area contributed by atoms with Crippen LogP contribution in [0.1, 0.15) is 11.5 Å². The third kappa shape index (κ3) is 8.71. The molecular formula is C80H54N4. The van der Waals surface area contributed by atoms with Crippen molar-refractivity contribution in [3.8, 4) is 95.0 Å². The van der Waals surface area contributed by atoms with Gasteiger partial charge in [-0.2, -0.15) is 0 Å². The Balaban J connectivity index is 0.670. The highest BCUT2D eigenvalue weighted by molar-refractivity contribution is 6.10. The lowest BCUT2D eigenvalue weighted by molar-refractivity contribution is 0.745. The molecule has 16 rings (SSSR count). The SMILES string of the molecule is C1=CC2c3cc(-c4ccc(-c5nc6ccccc6nc5-c5ccc(-c6ccc7c(c6)c6ccccc6n7-c6ccc(-c7ccc(-c8ccccc8)cc7)cc6)cc5)cc4)ccc3N(c3ccc(-c4ccc(-c5ccccc5)cc4)cc3)C2C=C1. The van der Waals surface area contributed by atoms with E-state index in [4.69, 9.17) is 9.97 Å². The minimum absolute atomic E-state index is 0.195. The molecule has 3 heterocycles. The van der Waals surface area contributed by atoms with E-state index in [2.05, 4.69) is 313 Å². The summed E-state index contributed by atoms with van der Waals surface area (Å²) in [7, 11) is 0. The molecule has 0 N–H and O–H groups in total. The van der Waals surface area contributed by atoms with Crippen molar-refractivity contribution in [2.45, 2.75) is 12.0 Å². The zero-order chi connectivity index (χ0) is 55.5. The molecule has 2 atom stereocenters. The molecule has 0 spiro atoms. The predicted molar refractivity (Wildman–Crippen MR) is 351 cm³/mol. The van der Waals surface area contributed by atoms with Crippen LogP contribution in [0.25, 0.3) is 128 Å². The zero-order valence-corrected chi connectivity index (χ0v) is 46.0. The lowest BCUT2D eigenvalue weighted by Crippen LogP contribution is -2.28.